The number of hydrogen-bond acceptors (Lipinski definition) is 6. The highest BCUT2D eigenvalue weighted by molar-refractivity contribution is 7.91. The van der Waals surface area contributed by atoms with Crippen LogP contribution in [0.5, 0.6) is 5.75 Å². The molecule has 0 fully saturated rings. The Morgan fingerprint density at radius 2 is 1.86 bits per heavy atom. The highest BCUT2D eigenvalue weighted by atomic mass is 32.2. The summed E-state index contributed by atoms with van der Waals surface area (Å²) in [4.78, 5) is 10.9. The number of pyridine rings is 2. The highest BCUT2D eigenvalue weighted by Gasteiger charge is 2.33. The standard InChI is InChI=1S/C16H13F5N4O3S/c1-3-29(26,27)11-4-8(28-15(17)18)6-23-13(11)14-24-9-5-12(16(19,20)21)22-7-10(9)25(14)2/h4-7,15H,3H2,1-2H3. The average Bonchev–Trinajstić information content (AvgIpc) is 2.96. The second-order valence-electron chi connectivity index (χ2n) is 5.85. The second-order valence-corrected chi connectivity index (χ2v) is 8.10. The molecule has 0 amide bonds. The topological polar surface area (TPSA) is 87.0 Å². The van der Waals surface area contributed by atoms with Crippen LogP contribution < -0.4 is 4.74 Å². The van der Waals surface area contributed by atoms with Crippen molar-refractivity contribution in [2.24, 2.45) is 7.05 Å². The SMILES string of the molecule is CCS(=O)(=O)c1cc(OC(F)F)cnc1-c1nc2cc(C(F)(F)F)ncc2n1C. The van der Waals surface area contributed by atoms with Crippen LogP contribution in [0.15, 0.2) is 29.4 Å². The molecule has 0 aromatic carbocycles. The van der Waals surface area contributed by atoms with Gasteiger partial charge in [-0.3, -0.25) is 0 Å². The third-order valence-corrected chi connectivity index (χ3v) is 5.78. The lowest BCUT2D eigenvalue weighted by atomic mass is 10.3. The van der Waals surface area contributed by atoms with Crippen molar-refractivity contribution in [3.05, 3.63) is 30.2 Å². The predicted octanol–water partition coefficient (Wildman–Crippen LogP) is 3.44. The summed E-state index contributed by atoms with van der Waals surface area (Å²) in [5, 5.41) is 0. The first kappa shape index (κ1) is 20.9. The molecule has 3 rings (SSSR count). The van der Waals surface area contributed by atoms with Gasteiger partial charge in [0.15, 0.2) is 15.7 Å². The van der Waals surface area contributed by atoms with Crippen molar-refractivity contribution >= 4 is 20.9 Å². The van der Waals surface area contributed by atoms with E-state index in [0.717, 1.165) is 24.5 Å². The molecule has 0 saturated carbocycles. The normalized spacial score (nSPS) is 12.7. The van der Waals surface area contributed by atoms with E-state index in [0.29, 0.717) is 0 Å². The Morgan fingerprint density at radius 1 is 1.17 bits per heavy atom. The van der Waals surface area contributed by atoms with Crippen molar-refractivity contribution in [1.82, 2.24) is 19.5 Å². The number of halogens is 5. The van der Waals surface area contributed by atoms with Gasteiger partial charge in [0.05, 0.1) is 29.2 Å². The van der Waals surface area contributed by atoms with Crippen LogP contribution in [0, 0.1) is 0 Å². The lowest BCUT2D eigenvalue weighted by Crippen LogP contribution is -2.10. The van der Waals surface area contributed by atoms with Crippen molar-refractivity contribution in [3.8, 4) is 17.3 Å². The fraction of sp³-hybridized carbons (Fsp3) is 0.312. The van der Waals surface area contributed by atoms with Gasteiger partial charge in [0, 0.05) is 13.1 Å². The van der Waals surface area contributed by atoms with E-state index in [-0.39, 0.29) is 28.3 Å². The number of aromatic nitrogens is 4. The van der Waals surface area contributed by atoms with Crippen molar-refractivity contribution in [2.45, 2.75) is 24.6 Å². The molecule has 0 spiro atoms. The summed E-state index contributed by atoms with van der Waals surface area (Å²) in [6.07, 6.45) is -2.85. The Bertz CT molecular complexity index is 1180. The maximum absolute atomic E-state index is 12.9. The Kier molecular flexibility index (Phi) is 5.19. The molecule has 29 heavy (non-hydrogen) atoms. The van der Waals surface area contributed by atoms with Gasteiger partial charge in [-0.05, 0) is 6.07 Å². The first-order valence-corrected chi connectivity index (χ1v) is 9.67. The third-order valence-electron chi connectivity index (χ3n) is 4.04. The molecule has 156 valence electrons. The maximum Gasteiger partial charge on any atom is 0.433 e. The minimum absolute atomic E-state index is 0.0725. The Balaban J connectivity index is 2.24. The Hall–Kier alpha value is -2.83. The van der Waals surface area contributed by atoms with E-state index in [2.05, 4.69) is 19.7 Å². The fourth-order valence-corrected chi connectivity index (χ4v) is 3.66. The van der Waals surface area contributed by atoms with Crippen molar-refractivity contribution in [2.75, 3.05) is 5.75 Å². The number of imidazole rings is 1. The van der Waals surface area contributed by atoms with Crippen LogP contribution >= 0.6 is 0 Å². The molecule has 13 heteroatoms. The molecule has 0 N–H and O–H groups in total. The van der Waals surface area contributed by atoms with Crippen LogP contribution in [0.2, 0.25) is 0 Å². The molecule has 0 bridgehead atoms. The van der Waals surface area contributed by atoms with Gasteiger partial charge in [-0.15, -0.1) is 0 Å². The van der Waals surface area contributed by atoms with Gasteiger partial charge < -0.3 is 9.30 Å². The van der Waals surface area contributed by atoms with Crippen molar-refractivity contribution in [3.63, 3.8) is 0 Å². The van der Waals surface area contributed by atoms with Crippen molar-refractivity contribution in [1.29, 1.82) is 0 Å². The first-order chi connectivity index (χ1) is 13.4. The summed E-state index contributed by atoms with van der Waals surface area (Å²) in [5.74, 6) is -0.920. The van der Waals surface area contributed by atoms with Crippen LogP contribution in [0.1, 0.15) is 12.6 Å². The second kappa shape index (κ2) is 7.21. The van der Waals surface area contributed by atoms with Gasteiger partial charge in [0.1, 0.15) is 22.0 Å². The third kappa shape index (κ3) is 3.99. The van der Waals surface area contributed by atoms with Crippen molar-refractivity contribution < 1.29 is 35.1 Å². The molecule has 0 atom stereocenters. The molecule has 7 nitrogen and oxygen atoms in total. The van der Waals surface area contributed by atoms with Crippen LogP contribution in [-0.4, -0.2) is 40.3 Å². The number of hydrogen-bond donors (Lipinski definition) is 0. The van der Waals surface area contributed by atoms with E-state index in [1.165, 1.54) is 18.5 Å². The van der Waals surface area contributed by atoms with E-state index in [1.807, 2.05) is 0 Å². The summed E-state index contributed by atoms with van der Waals surface area (Å²) < 4.78 is 94.1. The van der Waals surface area contributed by atoms with E-state index in [1.54, 1.807) is 0 Å². The molecule has 0 aliphatic heterocycles. The molecule has 0 saturated heterocycles. The lowest BCUT2D eigenvalue weighted by Gasteiger charge is -2.11. The number of sulfone groups is 1. The summed E-state index contributed by atoms with van der Waals surface area (Å²) in [6, 6.07) is 1.60. The molecule has 0 unspecified atom stereocenters. The maximum atomic E-state index is 12.9. The van der Waals surface area contributed by atoms with Gasteiger partial charge in [-0.25, -0.2) is 23.4 Å². The van der Waals surface area contributed by atoms with Crippen LogP contribution in [0.4, 0.5) is 22.0 Å². The zero-order chi connectivity index (χ0) is 21.6. The van der Waals surface area contributed by atoms with Crippen LogP contribution in [0.3, 0.4) is 0 Å². The number of rotatable bonds is 5. The first-order valence-electron chi connectivity index (χ1n) is 8.01. The predicted molar refractivity (Wildman–Crippen MR) is 91.1 cm³/mol. The van der Waals surface area contributed by atoms with E-state index in [4.69, 9.17) is 0 Å². The van der Waals surface area contributed by atoms with E-state index in [9.17, 15) is 30.4 Å². The van der Waals surface area contributed by atoms with Gasteiger partial charge in [0.2, 0.25) is 0 Å². The largest absolute Gasteiger partial charge is 0.433 e. The number of fused-ring (bicyclic) bond motifs is 1. The average molecular weight is 436 g/mol. The van der Waals surface area contributed by atoms with Gasteiger partial charge in [0.25, 0.3) is 0 Å². The lowest BCUT2D eigenvalue weighted by molar-refractivity contribution is -0.141. The molecule has 3 aromatic rings. The Labute approximate surface area is 161 Å². The Morgan fingerprint density at radius 3 is 2.45 bits per heavy atom. The minimum atomic E-state index is -4.69. The molecular formula is C16H13F5N4O3S. The number of aryl methyl sites for hydroxylation is 1. The molecule has 0 aliphatic rings. The van der Waals surface area contributed by atoms with Gasteiger partial charge in [-0.2, -0.15) is 22.0 Å². The smallest absolute Gasteiger partial charge is 0.433 e. The van der Waals surface area contributed by atoms with E-state index < -0.39 is 39.0 Å². The van der Waals surface area contributed by atoms with E-state index >= 15 is 0 Å². The fourth-order valence-electron chi connectivity index (χ4n) is 2.61. The molecule has 3 aromatic heterocycles. The zero-order valence-electron chi connectivity index (χ0n) is 14.9. The molecule has 0 aliphatic carbocycles. The summed E-state index contributed by atoms with van der Waals surface area (Å²) in [6.45, 7) is -1.85. The number of nitrogens with zero attached hydrogens (tertiary/aromatic N) is 4. The molecule has 0 radical (unpaired) electrons. The monoisotopic (exact) mass is 436 g/mol. The summed E-state index contributed by atoms with van der Waals surface area (Å²) in [5.41, 5.74) is -1.26. The van der Waals surface area contributed by atoms with Crippen LogP contribution in [-0.2, 0) is 23.1 Å². The molecular weight excluding hydrogens is 423 g/mol. The number of ether oxygens (including phenoxy) is 1. The zero-order valence-corrected chi connectivity index (χ0v) is 15.7. The van der Waals surface area contributed by atoms with Crippen LogP contribution in [0.25, 0.3) is 22.6 Å². The van der Waals surface area contributed by atoms with Gasteiger partial charge in [-0.1, -0.05) is 6.92 Å². The highest BCUT2D eigenvalue weighted by Crippen LogP contribution is 2.33. The summed E-state index contributed by atoms with van der Waals surface area (Å²) in [7, 11) is -2.52. The number of alkyl halides is 5. The van der Waals surface area contributed by atoms with Gasteiger partial charge >= 0.3 is 12.8 Å². The quantitative estimate of drug-likeness (QED) is 0.570. The minimum Gasteiger partial charge on any atom is -0.433 e. The molecule has 3 heterocycles. The summed E-state index contributed by atoms with van der Waals surface area (Å²) >= 11 is 0.